The zero-order valence-corrected chi connectivity index (χ0v) is 18.0. The summed E-state index contributed by atoms with van der Waals surface area (Å²) in [6, 6.07) is 12.2. The molecule has 3 heterocycles. The summed E-state index contributed by atoms with van der Waals surface area (Å²) >= 11 is 1.75. The molecule has 2 aromatic rings. The summed E-state index contributed by atoms with van der Waals surface area (Å²) in [4.78, 5) is 16.5. The number of amides is 1. The minimum absolute atomic E-state index is 0.0669. The van der Waals surface area contributed by atoms with E-state index in [-0.39, 0.29) is 11.9 Å². The second-order valence-corrected chi connectivity index (χ2v) is 9.64. The molecule has 0 aliphatic carbocycles. The number of thiophene rings is 1. The van der Waals surface area contributed by atoms with Gasteiger partial charge in [0, 0.05) is 23.5 Å². The van der Waals surface area contributed by atoms with Gasteiger partial charge in [-0.15, -0.1) is 15.7 Å². The maximum Gasteiger partial charge on any atom is 0.342 e. The number of carbonyl (C=O) groups is 1. The van der Waals surface area contributed by atoms with Crippen LogP contribution in [0, 0.1) is 0 Å². The summed E-state index contributed by atoms with van der Waals surface area (Å²) in [5.74, 6) is 0.0669. The van der Waals surface area contributed by atoms with E-state index in [0.29, 0.717) is 30.8 Å². The third-order valence-electron chi connectivity index (χ3n) is 5.42. The van der Waals surface area contributed by atoms with Gasteiger partial charge in [-0.05, 0) is 54.8 Å². The van der Waals surface area contributed by atoms with Crippen LogP contribution in [0.5, 0.6) is 0 Å². The van der Waals surface area contributed by atoms with Crippen LogP contribution in [-0.2, 0) is 21.4 Å². The zero-order valence-electron chi connectivity index (χ0n) is 16.4. The Bertz CT molecular complexity index is 1100. The Hall–Kier alpha value is -2.45. The van der Waals surface area contributed by atoms with Crippen LogP contribution in [0.3, 0.4) is 0 Å². The molecule has 1 aromatic carbocycles. The summed E-state index contributed by atoms with van der Waals surface area (Å²) in [6.07, 6.45) is 1.63. The van der Waals surface area contributed by atoms with Crippen molar-refractivity contribution in [2.75, 3.05) is 6.54 Å². The Morgan fingerprint density at radius 2 is 2.00 bits per heavy atom. The van der Waals surface area contributed by atoms with E-state index in [0.717, 1.165) is 17.6 Å². The highest BCUT2D eigenvalue weighted by Crippen LogP contribution is 2.38. The van der Waals surface area contributed by atoms with Crippen molar-refractivity contribution in [2.24, 2.45) is 4.40 Å². The normalized spacial score (nSPS) is 20.7. The van der Waals surface area contributed by atoms with Gasteiger partial charge in [0.05, 0.1) is 11.8 Å². The first kappa shape index (κ1) is 19.8. The molecule has 1 amide bonds. The Kier molecular flexibility index (Phi) is 5.31. The number of benzene rings is 1. The lowest BCUT2D eigenvalue weighted by atomic mass is 9.92. The van der Waals surface area contributed by atoms with Gasteiger partial charge < -0.3 is 4.90 Å². The Labute approximate surface area is 175 Å². The Morgan fingerprint density at radius 1 is 1.24 bits per heavy atom. The van der Waals surface area contributed by atoms with E-state index >= 15 is 0 Å². The third-order valence-corrected chi connectivity index (χ3v) is 7.49. The van der Waals surface area contributed by atoms with Gasteiger partial charge in [0.25, 0.3) is 0 Å². The topological polar surface area (TPSA) is 78.8 Å². The molecule has 0 fully saturated rings. The van der Waals surface area contributed by atoms with Crippen LogP contribution in [0.1, 0.15) is 48.7 Å². The molecule has 0 radical (unpaired) electrons. The van der Waals surface area contributed by atoms with Crippen molar-refractivity contribution in [3.05, 3.63) is 69.1 Å². The second kappa shape index (κ2) is 7.76. The standard InChI is InChI=1S/C21H23N3O3S2/c1-14-17(15(2)23-29(26,27)22-14)8-9-20(25)24-12-10-19-18(11-13-28-19)21(24)16-6-4-3-5-7-16/h3-7,11,13,21-22H,8-10,12H2,1-2H3/t21-/m1/s1. The maximum atomic E-state index is 13.2. The number of nitrogens with one attached hydrogen (secondary N) is 1. The van der Waals surface area contributed by atoms with Gasteiger partial charge in [0.15, 0.2) is 0 Å². The lowest BCUT2D eigenvalue weighted by Crippen LogP contribution is -2.40. The number of hydrogen-bond acceptors (Lipinski definition) is 4. The molecule has 0 saturated heterocycles. The first-order valence-electron chi connectivity index (χ1n) is 9.56. The van der Waals surface area contributed by atoms with E-state index in [1.807, 2.05) is 23.1 Å². The quantitative estimate of drug-likeness (QED) is 0.807. The summed E-state index contributed by atoms with van der Waals surface area (Å²) < 4.78 is 29.5. The monoisotopic (exact) mass is 429 g/mol. The van der Waals surface area contributed by atoms with E-state index in [2.05, 4.69) is 32.7 Å². The predicted octanol–water partition coefficient (Wildman–Crippen LogP) is 3.59. The number of allylic oxidation sites excluding steroid dienone is 2. The van der Waals surface area contributed by atoms with Gasteiger partial charge in [-0.3, -0.25) is 9.52 Å². The van der Waals surface area contributed by atoms with E-state index in [4.69, 9.17) is 0 Å². The first-order valence-corrected chi connectivity index (χ1v) is 11.9. The van der Waals surface area contributed by atoms with Gasteiger partial charge in [0.2, 0.25) is 5.91 Å². The fourth-order valence-corrected chi connectivity index (χ4v) is 6.04. The molecule has 0 bridgehead atoms. The number of fused-ring (bicyclic) bond motifs is 1. The predicted molar refractivity (Wildman–Crippen MR) is 115 cm³/mol. The summed E-state index contributed by atoms with van der Waals surface area (Å²) in [7, 11) is -3.66. The molecule has 29 heavy (non-hydrogen) atoms. The molecule has 0 spiro atoms. The summed E-state index contributed by atoms with van der Waals surface area (Å²) in [5, 5.41) is 2.09. The SMILES string of the molecule is CC1=NS(=O)(=O)NC(C)=C1CCC(=O)N1CCc2sccc2[C@H]1c1ccccc1. The fraction of sp³-hybridized carbons (Fsp3) is 0.333. The van der Waals surface area contributed by atoms with Crippen LogP contribution in [0.25, 0.3) is 0 Å². The highest BCUT2D eigenvalue weighted by atomic mass is 32.2. The maximum absolute atomic E-state index is 13.2. The lowest BCUT2D eigenvalue weighted by molar-refractivity contribution is -0.133. The molecule has 0 unspecified atom stereocenters. The summed E-state index contributed by atoms with van der Waals surface area (Å²) in [5.41, 5.74) is 4.10. The smallest absolute Gasteiger partial charge is 0.331 e. The van der Waals surface area contributed by atoms with Crippen molar-refractivity contribution in [3.63, 3.8) is 0 Å². The molecule has 4 rings (SSSR count). The molecule has 1 aromatic heterocycles. The van der Waals surface area contributed by atoms with Crippen molar-refractivity contribution >= 4 is 33.2 Å². The number of carbonyl (C=O) groups excluding carboxylic acids is 1. The average molecular weight is 430 g/mol. The van der Waals surface area contributed by atoms with Crippen molar-refractivity contribution in [3.8, 4) is 0 Å². The minimum Gasteiger partial charge on any atom is -0.331 e. The van der Waals surface area contributed by atoms with Crippen LogP contribution in [0.4, 0.5) is 0 Å². The molecule has 2 aliphatic rings. The average Bonchev–Trinajstić information content (AvgIpc) is 3.15. The van der Waals surface area contributed by atoms with E-state index in [9.17, 15) is 13.2 Å². The zero-order chi connectivity index (χ0) is 20.6. The molecule has 6 nitrogen and oxygen atoms in total. The molecular weight excluding hydrogens is 406 g/mol. The highest BCUT2D eigenvalue weighted by Gasteiger charge is 2.32. The van der Waals surface area contributed by atoms with Crippen LogP contribution in [-0.4, -0.2) is 31.5 Å². The van der Waals surface area contributed by atoms with Crippen LogP contribution in [0.15, 0.2) is 57.4 Å². The van der Waals surface area contributed by atoms with Gasteiger partial charge >= 0.3 is 10.2 Å². The van der Waals surface area contributed by atoms with E-state index in [1.54, 1.807) is 25.2 Å². The van der Waals surface area contributed by atoms with Crippen LogP contribution >= 0.6 is 11.3 Å². The van der Waals surface area contributed by atoms with Crippen molar-refractivity contribution in [1.29, 1.82) is 0 Å². The number of hydrogen-bond donors (Lipinski definition) is 1. The third kappa shape index (κ3) is 4.00. The molecule has 152 valence electrons. The molecule has 0 saturated carbocycles. The highest BCUT2D eigenvalue weighted by molar-refractivity contribution is 7.88. The number of rotatable bonds is 4. The largest absolute Gasteiger partial charge is 0.342 e. The molecule has 8 heteroatoms. The van der Waals surface area contributed by atoms with Crippen molar-refractivity contribution in [1.82, 2.24) is 9.62 Å². The molecule has 1 atom stereocenters. The minimum atomic E-state index is -3.66. The van der Waals surface area contributed by atoms with Crippen molar-refractivity contribution in [2.45, 2.75) is 39.2 Å². The summed E-state index contributed by atoms with van der Waals surface area (Å²) in [6.45, 7) is 4.07. The van der Waals surface area contributed by atoms with E-state index in [1.165, 1.54) is 10.4 Å². The van der Waals surface area contributed by atoms with E-state index < -0.39 is 10.2 Å². The lowest BCUT2D eigenvalue weighted by Gasteiger charge is -2.36. The van der Waals surface area contributed by atoms with Crippen LogP contribution in [0.2, 0.25) is 0 Å². The molecule has 1 N–H and O–H groups in total. The van der Waals surface area contributed by atoms with Crippen LogP contribution < -0.4 is 4.72 Å². The molecular formula is C21H23N3O3S2. The number of nitrogens with zero attached hydrogens (tertiary/aromatic N) is 2. The Morgan fingerprint density at radius 3 is 2.72 bits per heavy atom. The second-order valence-electron chi connectivity index (χ2n) is 7.31. The fourth-order valence-electron chi connectivity index (χ4n) is 4.11. The van der Waals surface area contributed by atoms with Crippen molar-refractivity contribution < 1.29 is 13.2 Å². The Balaban J connectivity index is 1.56. The molecule has 2 aliphatic heterocycles. The first-order chi connectivity index (χ1) is 13.9. The van der Waals surface area contributed by atoms with Gasteiger partial charge in [-0.25, -0.2) is 0 Å². The van der Waals surface area contributed by atoms with Gasteiger partial charge in [0.1, 0.15) is 0 Å². The van der Waals surface area contributed by atoms with Gasteiger partial charge in [-0.2, -0.15) is 8.42 Å². The van der Waals surface area contributed by atoms with Gasteiger partial charge in [-0.1, -0.05) is 30.3 Å².